The van der Waals surface area contributed by atoms with E-state index >= 15 is 0 Å². The van der Waals surface area contributed by atoms with Gasteiger partial charge in [0.2, 0.25) is 0 Å². The third kappa shape index (κ3) is 5.11. The van der Waals surface area contributed by atoms with Crippen molar-refractivity contribution in [1.29, 1.82) is 0 Å². The third-order valence-corrected chi connectivity index (χ3v) is 5.16. The van der Waals surface area contributed by atoms with Gasteiger partial charge in [0.05, 0.1) is 18.7 Å². The maximum absolute atomic E-state index is 11.6. The van der Waals surface area contributed by atoms with Crippen molar-refractivity contribution in [2.75, 3.05) is 33.8 Å². The molecule has 7 nitrogen and oxygen atoms in total. The van der Waals surface area contributed by atoms with Crippen LogP contribution in [0.4, 0.5) is 0 Å². The molecule has 26 heavy (non-hydrogen) atoms. The Balaban J connectivity index is 0.00000243. The molecule has 0 unspecified atom stereocenters. The van der Waals surface area contributed by atoms with E-state index in [9.17, 15) is 4.79 Å². The zero-order valence-electron chi connectivity index (χ0n) is 15.7. The summed E-state index contributed by atoms with van der Waals surface area (Å²) in [5.74, 6) is 2.07. The van der Waals surface area contributed by atoms with Crippen molar-refractivity contribution >= 4 is 35.9 Å². The van der Waals surface area contributed by atoms with E-state index in [1.807, 2.05) is 7.05 Å². The summed E-state index contributed by atoms with van der Waals surface area (Å²) in [7, 11) is 3.27. The van der Waals surface area contributed by atoms with E-state index in [2.05, 4.69) is 26.0 Å². The van der Waals surface area contributed by atoms with Gasteiger partial charge in [0.25, 0.3) is 0 Å². The molecule has 0 aromatic carbocycles. The van der Waals surface area contributed by atoms with Gasteiger partial charge in [0.15, 0.2) is 5.96 Å². The second-order valence-corrected chi connectivity index (χ2v) is 6.81. The van der Waals surface area contributed by atoms with E-state index in [1.54, 1.807) is 0 Å². The molecule has 0 aliphatic carbocycles. The molecule has 3 rings (SSSR count). The molecule has 146 valence electrons. The number of aryl methyl sites for hydroxylation is 2. The number of ether oxygens (including phenoxy) is 1. The molecular weight excluding hydrogens is 445 g/mol. The Hall–Kier alpha value is -1.32. The lowest BCUT2D eigenvalue weighted by Gasteiger charge is -2.33. The largest absolute Gasteiger partial charge is 0.469 e. The first kappa shape index (κ1) is 21.0. The lowest BCUT2D eigenvalue weighted by molar-refractivity contribution is -0.146. The second-order valence-electron chi connectivity index (χ2n) is 6.81. The standard InChI is InChI=1S/C18H29N5O2.HI/c1-19-18(22-11-7-14(8-12-22)17(24)25-2)20-9-6-15-13-23-10-4-3-5-16(23)21-15;/h13-14H,3-12H2,1-2H3,(H,19,20);1H. The molecule has 3 heterocycles. The summed E-state index contributed by atoms with van der Waals surface area (Å²) in [5, 5.41) is 3.44. The number of halogens is 1. The Morgan fingerprint density at radius 1 is 1.35 bits per heavy atom. The second kappa shape index (κ2) is 10.1. The minimum atomic E-state index is -0.0913. The van der Waals surface area contributed by atoms with Crippen molar-refractivity contribution in [2.24, 2.45) is 10.9 Å². The van der Waals surface area contributed by atoms with Crippen molar-refractivity contribution in [3.05, 3.63) is 17.7 Å². The third-order valence-electron chi connectivity index (χ3n) is 5.16. The van der Waals surface area contributed by atoms with E-state index < -0.39 is 0 Å². The van der Waals surface area contributed by atoms with Gasteiger partial charge in [-0.25, -0.2) is 4.98 Å². The van der Waals surface area contributed by atoms with Crippen LogP contribution in [0.2, 0.25) is 0 Å². The number of nitrogens with zero attached hydrogens (tertiary/aromatic N) is 4. The molecule has 8 heteroatoms. The van der Waals surface area contributed by atoms with E-state index in [0.717, 1.165) is 63.5 Å². The van der Waals surface area contributed by atoms with Gasteiger partial charge in [0, 0.05) is 52.3 Å². The average molecular weight is 475 g/mol. The number of esters is 1. The lowest BCUT2D eigenvalue weighted by atomic mass is 9.97. The fourth-order valence-electron chi connectivity index (χ4n) is 3.72. The average Bonchev–Trinajstić information content (AvgIpc) is 3.07. The van der Waals surface area contributed by atoms with Crippen LogP contribution in [0.3, 0.4) is 0 Å². The number of rotatable bonds is 4. The van der Waals surface area contributed by atoms with Crippen LogP contribution < -0.4 is 5.32 Å². The summed E-state index contributed by atoms with van der Waals surface area (Å²) in [6.07, 6.45) is 8.35. The number of aromatic nitrogens is 2. The van der Waals surface area contributed by atoms with Gasteiger partial charge in [-0.05, 0) is 25.7 Å². The fourth-order valence-corrected chi connectivity index (χ4v) is 3.72. The minimum absolute atomic E-state index is 0. The normalized spacial score (nSPS) is 18.1. The molecule has 0 saturated carbocycles. The number of methoxy groups -OCH3 is 1. The van der Waals surface area contributed by atoms with E-state index in [1.165, 1.54) is 25.8 Å². The van der Waals surface area contributed by atoms with Crippen LogP contribution in [0.5, 0.6) is 0 Å². The molecule has 0 radical (unpaired) electrons. The predicted octanol–water partition coefficient (Wildman–Crippen LogP) is 1.84. The lowest BCUT2D eigenvalue weighted by Crippen LogP contribution is -2.47. The molecule has 2 aliphatic heterocycles. The van der Waals surface area contributed by atoms with Gasteiger partial charge in [0.1, 0.15) is 5.82 Å². The predicted molar refractivity (Wildman–Crippen MR) is 112 cm³/mol. The first-order chi connectivity index (χ1) is 12.2. The van der Waals surface area contributed by atoms with Crippen LogP contribution in [0, 0.1) is 5.92 Å². The monoisotopic (exact) mass is 475 g/mol. The summed E-state index contributed by atoms with van der Waals surface area (Å²) in [4.78, 5) is 23.0. The number of guanidine groups is 1. The molecule has 1 saturated heterocycles. The van der Waals surface area contributed by atoms with Crippen molar-refractivity contribution in [3.8, 4) is 0 Å². The van der Waals surface area contributed by atoms with Crippen LogP contribution in [0.25, 0.3) is 0 Å². The topological polar surface area (TPSA) is 71.8 Å². The van der Waals surface area contributed by atoms with Gasteiger partial charge in [-0.3, -0.25) is 9.79 Å². The first-order valence-corrected chi connectivity index (χ1v) is 9.29. The van der Waals surface area contributed by atoms with Gasteiger partial charge < -0.3 is 19.5 Å². The molecule has 2 aliphatic rings. The summed E-state index contributed by atoms with van der Waals surface area (Å²) >= 11 is 0. The number of hydrogen-bond acceptors (Lipinski definition) is 4. The molecule has 1 aromatic rings. The molecule has 0 amide bonds. The van der Waals surface area contributed by atoms with Crippen LogP contribution >= 0.6 is 24.0 Å². The van der Waals surface area contributed by atoms with E-state index in [0.29, 0.717) is 0 Å². The number of fused-ring (bicyclic) bond motifs is 1. The molecular formula is C18H30IN5O2. The fraction of sp³-hybridized carbons (Fsp3) is 0.722. The van der Waals surface area contributed by atoms with Crippen LogP contribution in [0.1, 0.15) is 37.2 Å². The molecule has 1 fully saturated rings. The number of likely N-dealkylation sites (tertiary alicyclic amines) is 1. The van der Waals surface area contributed by atoms with Gasteiger partial charge in [-0.15, -0.1) is 24.0 Å². The van der Waals surface area contributed by atoms with E-state index in [4.69, 9.17) is 9.72 Å². The number of piperidine rings is 1. The summed E-state index contributed by atoms with van der Waals surface area (Å²) in [5.41, 5.74) is 1.16. The Morgan fingerprint density at radius 2 is 2.12 bits per heavy atom. The highest BCUT2D eigenvalue weighted by Crippen LogP contribution is 2.18. The summed E-state index contributed by atoms with van der Waals surface area (Å²) in [6.45, 7) is 3.59. The highest BCUT2D eigenvalue weighted by molar-refractivity contribution is 14.0. The van der Waals surface area contributed by atoms with Gasteiger partial charge >= 0.3 is 5.97 Å². The maximum Gasteiger partial charge on any atom is 0.308 e. The van der Waals surface area contributed by atoms with Crippen molar-refractivity contribution in [3.63, 3.8) is 0 Å². The van der Waals surface area contributed by atoms with Crippen molar-refractivity contribution in [1.82, 2.24) is 19.8 Å². The maximum atomic E-state index is 11.6. The first-order valence-electron chi connectivity index (χ1n) is 9.29. The number of nitrogens with one attached hydrogen (secondary N) is 1. The summed E-state index contributed by atoms with van der Waals surface area (Å²) < 4.78 is 7.14. The Morgan fingerprint density at radius 3 is 2.77 bits per heavy atom. The molecule has 0 atom stereocenters. The highest BCUT2D eigenvalue weighted by Gasteiger charge is 2.26. The number of imidazole rings is 1. The Kier molecular flexibility index (Phi) is 8.17. The zero-order chi connectivity index (χ0) is 17.6. The van der Waals surface area contributed by atoms with Gasteiger partial charge in [-0.2, -0.15) is 0 Å². The Bertz CT molecular complexity index is 600. The molecule has 0 bridgehead atoms. The van der Waals surface area contributed by atoms with Crippen molar-refractivity contribution < 1.29 is 9.53 Å². The SMILES string of the molecule is CN=C(NCCc1cn2c(n1)CCCC2)N1CCC(C(=O)OC)CC1.I. The van der Waals surface area contributed by atoms with Crippen LogP contribution in [-0.4, -0.2) is 60.2 Å². The van der Waals surface area contributed by atoms with Gasteiger partial charge in [-0.1, -0.05) is 0 Å². The minimum Gasteiger partial charge on any atom is -0.469 e. The van der Waals surface area contributed by atoms with Crippen LogP contribution in [-0.2, 0) is 28.9 Å². The smallest absolute Gasteiger partial charge is 0.308 e. The molecule has 1 aromatic heterocycles. The van der Waals surface area contributed by atoms with E-state index in [-0.39, 0.29) is 35.9 Å². The number of carbonyl (C=O) groups is 1. The van der Waals surface area contributed by atoms with Crippen molar-refractivity contribution in [2.45, 2.75) is 45.1 Å². The van der Waals surface area contributed by atoms with Crippen LogP contribution in [0.15, 0.2) is 11.2 Å². The number of hydrogen-bond donors (Lipinski definition) is 1. The Labute approximate surface area is 172 Å². The molecule has 0 spiro atoms. The highest BCUT2D eigenvalue weighted by atomic mass is 127. The quantitative estimate of drug-likeness (QED) is 0.312. The molecule has 1 N–H and O–H groups in total. The zero-order valence-corrected chi connectivity index (χ0v) is 18.1. The number of carbonyl (C=O) groups excluding carboxylic acids is 1. The summed E-state index contributed by atoms with van der Waals surface area (Å²) in [6, 6.07) is 0. The number of aliphatic imine (C=N–C) groups is 1.